The molecule has 0 unspecified atom stereocenters. The van der Waals surface area contributed by atoms with Crippen LogP contribution in [0.25, 0.3) is 10.9 Å². The Morgan fingerprint density at radius 3 is 2.67 bits per heavy atom. The van der Waals surface area contributed by atoms with E-state index >= 15 is 0 Å². The van der Waals surface area contributed by atoms with Crippen LogP contribution in [0.15, 0.2) is 36.4 Å². The van der Waals surface area contributed by atoms with Crippen molar-refractivity contribution >= 4 is 22.5 Å². The Labute approximate surface area is 193 Å². The molecule has 1 fully saturated rings. The van der Waals surface area contributed by atoms with Gasteiger partial charge in [-0.2, -0.15) is 0 Å². The normalized spacial score (nSPS) is 17.1. The van der Waals surface area contributed by atoms with E-state index in [9.17, 15) is 9.18 Å². The van der Waals surface area contributed by atoms with Crippen LogP contribution >= 0.6 is 0 Å². The van der Waals surface area contributed by atoms with Gasteiger partial charge in [-0.25, -0.2) is 4.39 Å². The first kappa shape index (κ1) is 21.8. The zero-order valence-corrected chi connectivity index (χ0v) is 19.4. The summed E-state index contributed by atoms with van der Waals surface area (Å²) >= 11 is 0. The van der Waals surface area contributed by atoms with Crippen LogP contribution in [-0.2, 0) is 13.6 Å². The van der Waals surface area contributed by atoms with E-state index in [1.807, 2.05) is 31.3 Å². The van der Waals surface area contributed by atoms with Crippen LogP contribution < -0.4 is 14.4 Å². The Kier molecular flexibility index (Phi) is 5.74. The maximum Gasteiger partial charge on any atom is 0.261 e. The molecule has 2 aliphatic rings. The highest BCUT2D eigenvalue weighted by Crippen LogP contribution is 2.39. The number of hydrogen-bond donors (Lipinski definition) is 0. The summed E-state index contributed by atoms with van der Waals surface area (Å²) in [7, 11) is 3.43. The Morgan fingerprint density at radius 1 is 1.12 bits per heavy atom. The lowest BCUT2D eigenvalue weighted by molar-refractivity contribution is 0.0998. The number of para-hydroxylation sites is 1. The predicted molar refractivity (Wildman–Crippen MR) is 127 cm³/mol. The second-order valence-corrected chi connectivity index (χ2v) is 9.12. The molecule has 174 valence electrons. The Hall–Kier alpha value is -3.06. The fourth-order valence-electron chi connectivity index (χ4n) is 5.02. The molecular weight excluding hydrogens is 421 g/mol. The Morgan fingerprint density at radius 2 is 1.91 bits per heavy atom. The van der Waals surface area contributed by atoms with Crippen molar-refractivity contribution < 1.29 is 18.7 Å². The average Bonchev–Trinajstić information content (AvgIpc) is 3.31. The minimum Gasteiger partial charge on any atom is -0.493 e. The lowest BCUT2D eigenvalue weighted by Gasteiger charge is -2.30. The summed E-state index contributed by atoms with van der Waals surface area (Å²) in [6.07, 6.45) is 2.46. The van der Waals surface area contributed by atoms with Crippen LogP contribution in [0, 0.1) is 11.7 Å². The maximum atomic E-state index is 14.4. The summed E-state index contributed by atoms with van der Waals surface area (Å²) in [5.41, 5.74) is 2.60. The van der Waals surface area contributed by atoms with Gasteiger partial charge >= 0.3 is 0 Å². The fourth-order valence-corrected chi connectivity index (χ4v) is 5.02. The van der Waals surface area contributed by atoms with Crippen molar-refractivity contribution in [1.29, 1.82) is 0 Å². The number of anilines is 1. The minimum atomic E-state index is -0.313. The molecule has 1 aromatic heterocycles. The molecular formula is C26H30FN3O3. The molecule has 0 aliphatic carbocycles. The monoisotopic (exact) mass is 451 g/mol. The Bertz CT molecular complexity index is 1200. The van der Waals surface area contributed by atoms with Gasteiger partial charge in [0.15, 0.2) is 11.5 Å². The van der Waals surface area contributed by atoms with Gasteiger partial charge in [-0.05, 0) is 50.0 Å². The van der Waals surface area contributed by atoms with E-state index in [1.165, 1.54) is 18.9 Å². The summed E-state index contributed by atoms with van der Waals surface area (Å²) in [5.74, 6) is 1.63. The van der Waals surface area contributed by atoms with Gasteiger partial charge in [0.1, 0.15) is 12.4 Å². The van der Waals surface area contributed by atoms with Crippen LogP contribution in [0.5, 0.6) is 11.5 Å². The second-order valence-electron chi connectivity index (χ2n) is 9.12. The summed E-state index contributed by atoms with van der Waals surface area (Å²) in [5, 5.41) is 0.654. The first-order chi connectivity index (χ1) is 16.0. The van der Waals surface area contributed by atoms with Crippen LogP contribution in [0.2, 0.25) is 0 Å². The smallest absolute Gasteiger partial charge is 0.261 e. The van der Waals surface area contributed by atoms with Crippen molar-refractivity contribution in [3.8, 4) is 11.5 Å². The number of piperidine rings is 1. The van der Waals surface area contributed by atoms with Crippen molar-refractivity contribution in [2.24, 2.45) is 13.0 Å². The molecule has 3 heterocycles. The number of ether oxygens (including phenoxy) is 2. The number of carbonyl (C=O) groups is 1. The van der Waals surface area contributed by atoms with E-state index in [1.54, 1.807) is 22.6 Å². The third-order valence-electron chi connectivity index (χ3n) is 7.05. The van der Waals surface area contributed by atoms with E-state index in [-0.39, 0.29) is 11.7 Å². The van der Waals surface area contributed by atoms with Gasteiger partial charge in [-0.15, -0.1) is 0 Å². The minimum absolute atomic E-state index is 0.125. The molecule has 6 nitrogen and oxygen atoms in total. The van der Waals surface area contributed by atoms with Gasteiger partial charge in [-0.3, -0.25) is 9.69 Å². The zero-order valence-electron chi connectivity index (χ0n) is 19.4. The van der Waals surface area contributed by atoms with Crippen LogP contribution in [0.3, 0.4) is 0 Å². The molecule has 0 radical (unpaired) electrons. The standard InChI is InChI=1S/C26H30FN3O3/c1-17-9-11-29(12-10-17)13-14-33-23-15-18(7-8-22(23)32-3)30-16-21-24(26(30)31)19-5-4-6-20(27)25(19)28(21)2/h4-8,15,17H,9-14,16H2,1-3H3. The number of likely N-dealkylation sites (tertiary alicyclic amines) is 1. The molecule has 0 saturated carbocycles. The van der Waals surface area contributed by atoms with Gasteiger partial charge in [0, 0.05) is 30.7 Å². The number of methoxy groups -OCH3 is 1. The van der Waals surface area contributed by atoms with E-state index in [2.05, 4.69) is 11.8 Å². The highest BCUT2D eigenvalue weighted by molar-refractivity contribution is 6.18. The Balaban J connectivity index is 1.35. The van der Waals surface area contributed by atoms with E-state index in [0.29, 0.717) is 41.1 Å². The molecule has 5 rings (SSSR count). The SMILES string of the molecule is COc1ccc(N2Cc3c(c4cccc(F)c4n3C)C2=O)cc1OCCN1CCC(C)CC1. The summed E-state index contributed by atoms with van der Waals surface area (Å²) in [4.78, 5) is 17.5. The van der Waals surface area contributed by atoms with Crippen LogP contribution in [0.4, 0.5) is 10.1 Å². The lowest BCUT2D eigenvalue weighted by Crippen LogP contribution is -2.35. The largest absolute Gasteiger partial charge is 0.493 e. The van der Waals surface area contributed by atoms with Crippen molar-refractivity contribution in [3.63, 3.8) is 0 Å². The number of halogens is 1. The van der Waals surface area contributed by atoms with E-state index in [4.69, 9.17) is 9.47 Å². The highest BCUT2D eigenvalue weighted by Gasteiger charge is 2.35. The van der Waals surface area contributed by atoms with Crippen LogP contribution in [0.1, 0.15) is 35.8 Å². The van der Waals surface area contributed by atoms with Crippen molar-refractivity contribution in [3.05, 3.63) is 53.5 Å². The first-order valence-electron chi connectivity index (χ1n) is 11.6. The number of aromatic nitrogens is 1. The molecule has 33 heavy (non-hydrogen) atoms. The quantitative estimate of drug-likeness (QED) is 0.550. The fraction of sp³-hybridized carbons (Fsp3) is 0.423. The summed E-state index contributed by atoms with van der Waals surface area (Å²) in [6.45, 7) is 6.34. The molecule has 1 amide bonds. The van der Waals surface area contributed by atoms with Gasteiger partial charge in [0.2, 0.25) is 0 Å². The van der Waals surface area contributed by atoms with Gasteiger partial charge in [0.25, 0.3) is 5.91 Å². The van der Waals surface area contributed by atoms with E-state index < -0.39 is 0 Å². The highest BCUT2D eigenvalue weighted by atomic mass is 19.1. The third kappa shape index (κ3) is 3.84. The molecule has 0 N–H and O–H groups in total. The number of aryl methyl sites for hydroxylation is 1. The second kappa shape index (κ2) is 8.71. The van der Waals surface area contributed by atoms with Crippen LogP contribution in [-0.4, -0.2) is 48.7 Å². The molecule has 0 bridgehead atoms. The molecule has 2 aromatic carbocycles. The van der Waals surface area contributed by atoms with E-state index in [0.717, 1.165) is 36.9 Å². The maximum absolute atomic E-state index is 14.4. The molecule has 0 atom stereocenters. The molecule has 3 aromatic rings. The van der Waals surface area contributed by atoms with Crippen molar-refractivity contribution in [1.82, 2.24) is 9.47 Å². The number of rotatable bonds is 6. The number of carbonyl (C=O) groups excluding carboxylic acids is 1. The summed E-state index contributed by atoms with van der Waals surface area (Å²) < 4.78 is 27.8. The summed E-state index contributed by atoms with van der Waals surface area (Å²) in [6, 6.07) is 10.4. The molecule has 7 heteroatoms. The predicted octanol–water partition coefficient (Wildman–Crippen LogP) is 4.60. The van der Waals surface area contributed by atoms with Crippen molar-refractivity contribution in [2.75, 3.05) is 38.3 Å². The molecule has 0 spiro atoms. The van der Waals surface area contributed by atoms with Gasteiger partial charge in [-0.1, -0.05) is 19.1 Å². The van der Waals surface area contributed by atoms with Gasteiger partial charge in [0.05, 0.1) is 30.4 Å². The molecule has 2 aliphatic heterocycles. The lowest BCUT2D eigenvalue weighted by atomic mass is 9.99. The molecule has 1 saturated heterocycles. The van der Waals surface area contributed by atoms with Crippen molar-refractivity contribution in [2.45, 2.75) is 26.3 Å². The number of nitrogens with zero attached hydrogens (tertiary/aromatic N) is 3. The first-order valence-corrected chi connectivity index (χ1v) is 11.6. The van der Waals surface area contributed by atoms with Gasteiger partial charge < -0.3 is 18.9 Å². The topological polar surface area (TPSA) is 46.9 Å². The third-order valence-corrected chi connectivity index (χ3v) is 7.05. The average molecular weight is 452 g/mol. The zero-order chi connectivity index (χ0) is 23.1. The number of benzene rings is 2. The number of fused-ring (bicyclic) bond motifs is 3. The number of hydrogen-bond acceptors (Lipinski definition) is 4. The number of amides is 1.